The standard InChI is InChI=1S/C47H73N13O18/c1-20(2)35(58-38(68)24(48)18-61)44(74)52-25(12-13-31(49)63)39(69)57-30(19-62)43(73)60-37(22(5)6)46(76)54-27(15-32(50)64)40(70)53-26(14-23-10-8-7-9-11-23)42(72)59-36(21(3)4)45(75)55-28(16-33(51)65)41(71)56-29(47(77)78)17-34(66)67/h7-11,20-22,24-30,35-37,61-62H,12-19,48H2,1-6H3,(H2,49,63)(H2,50,64)(H2,51,65)(H,52,74)(H,53,70)(H,54,76)(H,55,75)(H,56,71)(H,57,69)(H,58,68)(H,59,72)(H,60,73)(H,66,67)(H,77,78)/t24-,25-,26-,27-,28-,29-,30-,35-,36-,37-/m0/s1. The summed E-state index contributed by atoms with van der Waals surface area (Å²) in [6.07, 6.45) is -4.06. The zero-order chi connectivity index (χ0) is 59.7. The number of carbonyl (C=O) groups excluding carboxylic acids is 12. The number of hydrogen-bond donors (Lipinski definition) is 17. The molecule has 31 heteroatoms. The Balaban J connectivity index is 3.49. The Kier molecular flexibility index (Phi) is 28.6. The molecular weight excluding hydrogens is 1030 g/mol. The van der Waals surface area contributed by atoms with Gasteiger partial charge in [0.2, 0.25) is 70.9 Å². The predicted octanol–water partition coefficient (Wildman–Crippen LogP) is -7.55. The quantitative estimate of drug-likeness (QED) is 0.0300. The maximum Gasteiger partial charge on any atom is 0.326 e. The van der Waals surface area contributed by atoms with E-state index in [1.54, 1.807) is 44.2 Å². The van der Waals surface area contributed by atoms with Crippen molar-refractivity contribution in [3.05, 3.63) is 35.9 Å². The van der Waals surface area contributed by atoms with Crippen molar-refractivity contribution in [2.24, 2.45) is 40.7 Å². The molecule has 0 aliphatic carbocycles. The van der Waals surface area contributed by atoms with Crippen LogP contribution in [0.2, 0.25) is 0 Å². The van der Waals surface area contributed by atoms with E-state index in [0.29, 0.717) is 5.56 Å². The minimum atomic E-state index is -1.99. The highest BCUT2D eigenvalue weighted by Crippen LogP contribution is 2.11. The third-order valence-electron chi connectivity index (χ3n) is 11.4. The van der Waals surface area contributed by atoms with Crippen LogP contribution >= 0.6 is 0 Å². The van der Waals surface area contributed by atoms with Gasteiger partial charge in [0, 0.05) is 12.8 Å². The predicted molar refractivity (Wildman–Crippen MR) is 270 cm³/mol. The Bertz CT molecular complexity index is 2340. The maximum absolute atomic E-state index is 14.1. The van der Waals surface area contributed by atoms with Crippen LogP contribution in [0.15, 0.2) is 30.3 Å². The van der Waals surface area contributed by atoms with Crippen LogP contribution in [-0.4, -0.2) is 177 Å². The van der Waals surface area contributed by atoms with Crippen LogP contribution < -0.4 is 70.8 Å². The number of nitrogens with two attached hydrogens (primary N) is 4. The first kappa shape index (κ1) is 67.7. The molecule has 434 valence electrons. The van der Waals surface area contributed by atoms with E-state index in [9.17, 15) is 82.4 Å². The molecule has 0 spiro atoms. The van der Waals surface area contributed by atoms with E-state index in [1.807, 2.05) is 5.32 Å². The lowest BCUT2D eigenvalue weighted by atomic mass is 9.99. The van der Waals surface area contributed by atoms with Crippen LogP contribution in [0, 0.1) is 17.8 Å². The zero-order valence-electron chi connectivity index (χ0n) is 43.9. The van der Waals surface area contributed by atoms with Crippen molar-refractivity contribution >= 4 is 82.8 Å². The van der Waals surface area contributed by atoms with Gasteiger partial charge in [-0.15, -0.1) is 0 Å². The van der Waals surface area contributed by atoms with Crippen molar-refractivity contribution in [3.63, 3.8) is 0 Å². The van der Waals surface area contributed by atoms with Crippen molar-refractivity contribution in [3.8, 4) is 0 Å². The summed E-state index contributed by atoms with van der Waals surface area (Å²) >= 11 is 0. The van der Waals surface area contributed by atoms with Crippen LogP contribution in [-0.2, 0) is 73.5 Å². The molecule has 1 aromatic rings. The van der Waals surface area contributed by atoms with Gasteiger partial charge in [0.15, 0.2) is 0 Å². The van der Waals surface area contributed by atoms with Crippen molar-refractivity contribution in [1.29, 1.82) is 0 Å². The summed E-state index contributed by atoms with van der Waals surface area (Å²) in [5.41, 5.74) is 22.0. The Hall–Kier alpha value is -8.32. The summed E-state index contributed by atoms with van der Waals surface area (Å²) in [6, 6.07) is -8.70. The molecule has 0 heterocycles. The number of primary amides is 3. The highest BCUT2D eigenvalue weighted by atomic mass is 16.4. The number of rotatable bonds is 35. The fraction of sp³-hybridized carbons (Fsp3) is 0.574. The number of aliphatic carboxylic acids is 2. The molecule has 1 rings (SSSR count). The number of carbonyl (C=O) groups is 14. The van der Waals surface area contributed by atoms with Gasteiger partial charge in [0.05, 0.1) is 32.5 Å². The lowest BCUT2D eigenvalue weighted by Gasteiger charge is -2.29. The molecule has 0 saturated carbocycles. The molecule has 0 radical (unpaired) electrons. The van der Waals surface area contributed by atoms with Gasteiger partial charge in [0.1, 0.15) is 60.4 Å². The van der Waals surface area contributed by atoms with E-state index in [0.717, 1.165) is 0 Å². The van der Waals surface area contributed by atoms with E-state index in [-0.39, 0.29) is 6.42 Å². The highest BCUT2D eigenvalue weighted by Gasteiger charge is 2.38. The summed E-state index contributed by atoms with van der Waals surface area (Å²) in [5.74, 6) is -18.7. The number of benzene rings is 1. The molecule has 0 fully saturated rings. The molecule has 0 aromatic heterocycles. The van der Waals surface area contributed by atoms with Crippen molar-refractivity contribution in [2.75, 3.05) is 13.2 Å². The van der Waals surface area contributed by atoms with Crippen LogP contribution in [0.1, 0.15) is 79.2 Å². The Morgan fingerprint density at radius 3 is 1.15 bits per heavy atom. The number of aliphatic hydroxyl groups excluding tert-OH is 2. The molecule has 78 heavy (non-hydrogen) atoms. The average molecular weight is 1110 g/mol. The molecule has 1 aromatic carbocycles. The molecule has 0 aliphatic heterocycles. The molecule has 10 atom stereocenters. The lowest BCUT2D eigenvalue weighted by molar-refractivity contribution is -0.147. The molecule has 21 N–H and O–H groups in total. The summed E-state index contributed by atoms with van der Waals surface area (Å²) < 4.78 is 0. The molecule has 0 aliphatic rings. The van der Waals surface area contributed by atoms with E-state index >= 15 is 0 Å². The molecular formula is C47H73N13O18. The minimum absolute atomic E-state index is 0.296. The molecule has 0 saturated heterocycles. The van der Waals surface area contributed by atoms with Crippen LogP contribution in [0.4, 0.5) is 0 Å². The van der Waals surface area contributed by atoms with Crippen LogP contribution in [0.5, 0.6) is 0 Å². The summed E-state index contributed by atoms with van der Waals surface area (Å²) in [7, 11) is 0. The van der Waals surface area contributed by atoms with Gasteiger partial charge in [-0.25, -0.2) is 4.79 Å². The van der Waals surface area contributed by atoms with Crippen molar-refractivity contribution < 1.29 is 87.5 Å². The van der Waals surface area contributed by atoms with Gasteiger partial charge in [-0.05, 0) is 29.7 Å². The van der Waals surface area contributed by atoms with E-state index in [2.05, 4.69) is 42.5 Å². The van der Waals surface area contributed by atoms with Crippen LogP contribution in [0.3, 0.4) is 0 Å². The molecule has 31 nitrogen and oxygen atoms in total. The first-order valence-corrected chi connectivity index (χ1v) is 24.4. The minimum Gasteiger partial charge on any atom is -0.481 e. The third-order valence-corrected chi connectivity index (χ3v) is 11.4. The second-order valence-electron chi connectivity index (χ2n) is 19.0. The Morgan fingerprint density at radius 1 is 0.423 bits per heavy atom. The summed E-state index contributed by atoms with van der Waals surface area (Å²) in [4.78, 5) is 181. The summed E-state index contributed by atoms with van der Waals surface area (Å²) in [5, 5.41) is 58.6. The van der Waals surface area contributed by atoms with Crippen molar-refractivity contribution in [1.82, 2.24) is 47.9 Å². The first-order valence-electron chi connectivity index (χ1n) is 24.4. The number of aliphatic hydroxyl groups is 2. The van der Waals surface area contributed by atoms with Crippen LogP contribution in [0.25, 0.3) is 0 Å². The highest BCUT2D eigenvalue weighted by molar-refractivity contribution is 6.00. The second-order valence-corrected chi connectivity index (χ2v) is 19.0. The van der Waals surface area contributed by atoms with Gasteiger partial charge in [-0.2, -0.15) is 0 Å². The number of amides is 12. The average Bonchev–Trinajstić information content (AvgIpc) is 3.34. The maximum atomic E-state index is 14.1. The first-order chi connectivity index (χ1) is 36.3. The van der Waals surface area contributed by atoms with E-state index in [4.69, 9.17) is 28.0 Å². The molecule has 12 amide bonds. The topological polar surface area (TPSA) is 532 Å². The SMILES string of the molecule is CC(C)[C@H](NC(=O)[C@H](Cc1ccccc1)NC(=O)[C@H](CC(N)=O)NC(=O)[C@@H](NC(=O)[C@H](CO)NC(=O)[C@H](CCC(N)=O)NC(=O)[C@@H](NC(=O)[C@@H](N)CO)C(C)C)C(C)C)C(=O)N[C@@H](CC(N)=O)C(=O)N[C@@H](CC(=O)O)C(=O)O. The second kappa shape index (κ2) is 33.0. The van der Waals surface area contributed by atoms with E-state index in [1.165, 1.54) is 27.7 Å². The third kappa shape index (κ3) is 23.7. The normalized spacial score (nSPS) is 14.9. The smallest absolute Gasteiger partial charge is 0.326 e. The fourth-order valence-corrected chi connectivity index (χ4v) is 7.06. The number of carboxylic acids is 2. The summed E-state index contributed by atoms with van der Waals surface area (Å²) in [6.45, 7) is 7.04. The monoisotopic (exact) mass is 1110 g/mol. The van der Waals surface area contributed by atoms with Gasteiger partial charge < -0.3 is 91.2 Å². The molecule has 0 bridgehead atoms. The van der Waals surface area contributed by atoms with Gasteiger partial charge in [-0.3, -0.25) is 62.3 Å². The largest absolute Gasteiger partial charge is 0.481 e. The van der Waals surface area contributed by atoms with Gasteiger partial charge >= 0.3 is 11.9 Å². The van der Waals surface area contributed by atoms with Gasteiger partial charge in [0.25, 0.3) is 0 Å². The Morgan fingerprint density at radius 2 is 0.782 bits per heavy atom. The fourth-order valence-electron chi connectivity index (χ4n) is 7.06. The Labute approximate surface area is 447 Å². The zero-order valence-corrected chi connectivity index (χ0v) is 43.9. The van der Waals surface area contributed by atoms with Crippen molar-refractivity contribution in [2.45, 2.75) is 140 Å². The number of hydrogen-bond acceptors (Lipinski definition) is 17. The number of carboxylic acid groups (broad SMARTS) is 2. The van der Waals surface area contributed by atoms with E-state index < -0.39 is 206 Å². The molecule has 0 unspecified atom stereocenters. The number of nitrogens with one attached hydrogen (secondary N) is 9. The van der Waals surface area contributed by atoms with Gasteiger partial charge in [-0.1, -0.05) is 71.9 Å². The lowest BCUT2D eigenvalue weighted by Crippen LogP contribution is -2.62.